The first-order valence-corrected chi connectivity index (χ1v) is 7.91. The van der Waals surface area contributed by atoms with Gasteiger partial charge >= 0.3 is 5.97 Å². The lowest BCUT2D eigenvalue weighted by atomic mass is 10.2. The summed E-state index contributed by atoms with van der Waals surface area (Å²) in [6.45, 7) is 0.841. The number of hydrogen-bond acceptors (Lipinski definition) is 6. The number of carbonyl (C=O) groups is 2. The van der Waals surface area contributed by atoms with E-state index in [4.69, 9.17) is 9.15 Å². The third-order valence-electron chi connectivity index (χ3n) is 3.20. The largest absolute Gasteiger partial charge is 0.464 e. The first-order chi connectivity index (χ1) is 11.5. The molecule has 0 spiro atoms. The van der Waals surface area contributed by atoms with Gasteiger partial charge in [-0.2, -0.15) is 0 Å². The molecule has 1 heterocycles. The predicted octanol–water partition coefficient (Wildman–Crippen LogP) is 2.51. The highest BCUT2D eigenvalue weighted by atomic mass is 79.9. The van der Waals surface area contributed by atoms with E-state index in [0.29, 0.717) is 18.7 Å². The highest BCUT2D eigenvalue weighted by Gasteiger charge is 2.20. The monoisotopic (exact) mass is 396 g/mol. The average Bonchev–Trinajstić information content (AvgIpc) is 3.05. The summed E-state index contributed by atoms with van der Waals surface area (Å²) < 4.78 is 15.7. The molecule has 0 aliphatic carbocycles. The Morgan fingerprint density at radius 2 is 2.12 bits per heavy atom. The van der Waals surface area contributed by atoms with E-state index in [2.05, 4.69) is 25.7 Å². The summed E-state index contributed by atoms with van der Waals surface area (Å²) in [6.07, 6.45) is 1.21. The summed E-state index contributed by atoms with van der Waals surface area (Å²) in [4.78, 5) is 29.7. The number of benzene rings is 1. The van der Waals surface area contributed by atoms with E-state index in [1.165, 1.54) is 18.3 Å². The molecule has 0 radical (unpaired) electrons. The van der Waals surface area contributed by atoms with E-state index >= 15 is 0 Å². The van der Waals surface area contributed by atoms with Crippen LogP contribution in [0.2, 0.25) is 0 Å². The summed E-state index contributed by atoms with van der Waals surface area (Å²) >= 11 is 3.35. The van der Waals surface area contributed by atoms with Crippen molar-refractivity contribution in [2.24, 2.45) is 0 Å². The molecule has 1 aromatic heterocycles. The molecule has 0 saturated heterocycles. The van der Waals surface area contributed by atoms with Gasteiger partial charge in [0.2, 0.25) is 5.89 Å². The maximum atomic E-state index is 12.7. The van der Waals surface area contributed by atoms with Crippen LogP contribution in [0.4, 0.5) is 0 Å². The molecule has 2 aromatic rings. The fourth-order valence-corrected chi connectivity index (χ4v) is 2.40. The highest BCUT2D eigenvalue weighted by Crippen LogP contribution is 2.15. The number of esters is 1. The van der Waals surface area contributed by atoms with Gasteiger partial charge in [-0.25, -0.2) is 9.78 Å². The Morgan fingerprint density at radius 3 is 2.79 bits per heavy atom. The van der Waals surface area contributed by atoms with Crippen molar-refractivity contribution in [3.05, 3.63) is 52.1 Å². The van der Waals surface area contributed by atoms with Gasteiger partial charge in [0.15, 0.2) is 5.69 Å². The van der Waals surface area contributed by atoms with Gasteiger partial charge in [0.1, 0.15) is 6.26 Å². The topological polar surface area (TPSA) is 81.9 Å². The summed E-state index contributed by atoms with van der Waals surface area (Å²) in [5, 5.41) is 0. The fraction of sp³-hybridized carbons (Fsp3) is 0.312. The number of amides is 1. The number of oxazole rings is 1. The molecular weight excluding hydrogens is 380 g/mol. The minimum Gasteiger partial charge on any atom is -0.464 e. The molecule has 0 fully saturated rings. The van der Waals surface area contributed by atoms with Crippen molar-refractivity contribution in [1.82, 2.24) is 9.88 Å². The molecule has 0 aliphatic heterocycles. The second-order valence-corrected chi connectivity index (χ2v) is 5.76. The summed E-state index contributed by atoms with van der Waals surface area (Å²) in [6, 6.07) is 7.08. The molecular formula is C16H17BrN2O5. The van der Waals surface area contributed by atoms with Gasteiger partial charge in [0.25, 0.3) is 5.91 Å². The Morgan fingerprint density at radius 1 is 1.33 bits per heavy atom. The standard InChI is InChI=1S/C16H17BrN2O5/c1-22-7-6-19(15(20)11-4-3-5-12(17)8-11)9-14-18-13(10-24-14)16(21)23-2/h3-5,8,10H,6-7,9H2,1-2H3. The number of ether oxygens (including phenoxy) is 2. The van der Waals surface area contributed by atoms with Crippen LogP contribution in [0, 0.1) is 0 Å². The van der Waals surface area contributed by atoms with Crippen LogP contribution in [-0.2, 0) is 16.0 Å². The van der Waals surface area contributed by atoms with Crippen molar-refractivity contribution in [2.45, 2.75) is 6.54 Å². The number of carbonyl (C=O) groups excluding carboxylic acids is 2. The molecule has 24 heavy (non-hydrogen) atoms. The van der Waals surface area contributed by atoms with Gasteiger partial charge in [-0.15, -0.1) is 0 Å². The van der Waals surface area contributed by atoms with Gasteiger partial charge in [-0.05, 0) is 18.2 Å². The lowest BCUT2D eigenvalue weighted by molar-refractivity contribution is 0.0594. The minimum atomic E-state index is -0.591. The van der Waals surface area contributed by atoms with Crippen LogP contribution in [0.3, 0.4) is 0 Å². The van der Waals surface area contributed by atoms with Crippen molar-refractivity contribution in [3.8, 4) is 0 Å². The van der Waals surface area contributed by atoms with E-state index in [1.54, 1.807) is 25.3 Å². The lowest BCUT2D eigenvalue weighted by Crippen LogP contribution is -2.33. The van der Waals surface area contributed by atoms with Crippen molar-refractivity contribution in [2.75, 3.05) is 27.4 Å². The van der Waals surface area contributed by atoms with E-state index in [1.807, 2.05) is 6.07 Å². The maximum absolute atomic E-state index is 12.7. The summed E-state index contributed by atoms with van der Waals surface area (Å²) in [5.41, 5.74) is 0.592. The van der Waals surface area contributed by atoms with Crippen LogP contribution in [0.25, 0.3) is 0 Å². The number of methoxy groups -OCH3 is 2. The molecule has 128 valence electrons. The van der Waals surface area contributed by atoms with Crippen LogP contribution < -0.4 is 0 Å². The van der Waals surface area contributed by atoms with Gasteiger partial charge in [0.05, 0.1) is 20.3 Å². The number of nitrogens with zero attached hydrogens (tertiary/aromatic N) is 2. The van der Waals surface area contributed by atoms with Crippen molar-refractivity contribution >= 4 is 27.8 Å². The van der Waals surface area contributed by atoms with E-state index in [-0.39, 0.29) is 24.0 Å². The van der Waals surface area contributed by atoms with Crippen molar-refractivity contribution in [3.63, 3.8) is 0 Å². The quantitative estimate of drug-likeness (QED) is 0.668. The molecule has 0 N–H and O–H groups in total. The second-order valence-electron chi connectivity index (χ2n) is 4.85. The van der Waals surface area contributed by atoms with E-state index in [9.17, 15) is 9.59 Å². The van der Waals surface area contributed by atoms with Gasteiger partial charge in [-0.3, -0.25) is 4.79 Å². The zero-order valence-electron chi connectivity index (χ0n) is 13.3. The lowest BCUT2D eigenvalue weighted by Gasteiger charge is -2.21. The molecule has 2 rings (SSSR count). The maximum Gasteiger partial charge on any atom is 0.360 e. The van der Waals surface area contributed by atoms with Crippen LogP contribution in [-0.4, -0.2) is 49.1 Å². The van der Waals surface area contributed by atoms with Crippen molar-refractivity contribution < 1.29 is 23.5 Å². The predicted molar refractivity (Wildman–Crippen MR) is 88.6 cm³/mol. The average molecular weight is 397 g/mol. The highest BCUT2D eigenvalue weighted by molar-refractivity contribution is 9.10. The zero-order chi connectivity index (χ0) is 17.5. The van der Waals surface area contributed by atoms with Crippen LogP contribution in [0.15, 0.2) is 39.4 Å². The number of rotatable bonds is 7. The molecule has 0 bridgehead atoms. The first-order valence-electron chi connectivity index (χ1n) is 7.11. The number of halogens is 1. The second kappa shape index (κ2) is 8.60. The molecule has 7 nitrogen and oxygen atoms in total. The van der Waals surface area contributed by atoms with Crippen molar-refractivity contribution in [1.29, 1.82) is 0 Å². The summed E-state index contributed by atoms with van der Waals surface area (Å²) in [7, 11) is 2.82. The molecule has 0 atom stereocenters. The SMILES string of the molecule is COCCN(Cc1nc(C(=O)OC)co1)C(=O)c1cccc(Br)c1. The first kappa shape index (κ1) is 18.2. The number of aromatic nitrogens is 1. The Hall–Kier alpha value is -2.19. The Labute approximate surface area is 147 Å². The van der Waals surface area contributed by atoms with Crippen LogP contribution in [0.1, 0.15) is 26.7 Å². The Kier molecular flexibility index (Phi) is 6.51. The van der Waals surface area contributed by atoms with Crippen LogP contribution >= 0.6 is 15.9 Å². The molecule has 1 aromatic carbocycles. The zero-order valence-corrected chi connectivity index (χ0v) is 14.9. The minimum absolute atomic E-state index is 0.0640. The summed E-state index contributed by atoms with van der Waals surface area (Å²) in [5.74, 6) is -0.534. The third kappa shape index (κ3) is 4.65. The molecule has 0 unspecified atom stereocenters. The van der Waals surface area contributed by atoms with Gasteiger partial charge < -0.3 is 18.8 Å². The molecule has 0 saturated carbocycles. The molecule has 8 heteroatoms. The third-order valence-corrected chi connectivity index (χ3v) is 3.69. The number of hydrogen-bond donors (Lipinski definition) is 0. The van der Waals surface area contributed by atoms with Gasteiger partial charge in [0, 0.05) is 23.7 Å². The Balaban J connectivity index is 2.17. The van der Waals surface area contributed by atoms with Gasteiger partial charge in [-0.1, -0.05) is 22.0 Å². The molecule has 0 aliphatic rings. The smallest absolute Gasteiger partial charge is 0.360 e. The van der Waals surface area contributed by atoms with E-state index in [0.717, 1.165) is 4.47 Å². The van der Waals surface area contributed by atoms with Crippen LogP contribution in [0.5, 0.6) is 0 Å². The fourth-order valence-electron chi connectivity index (χ4n) is 2.00. The normalized spacial score (nSPS) is 10.5. The Bertz CT molecular complexity index is 716. The van der Waals surface area contributed by atoms with E-state index < -0.39 is 5.97 Å². The molecule has 1 amide bonds.